The molecule has 0 bridgehead atoms. The molecule has 1 unspecified atom stereocenters. The Hall–Kier alpha value is -3.52. The second-order valence-corrected chi connectivity index (χ2v) is 8.85. The molecule has 1 aromatic heterocycles. The third kappa shape index (κ3) is 5.12. The summed E-state index contributed by atoms with van der Waals surface area (Å²) < 4.78 is 2.00. The van der Waals surface area contributed by atoms with Crippen LogP contribution in [0.3, 0.4) is 0 Å². The molecule has 1 heterocycles. The highest BCUT2D eigenvalue weighted by Crippen LogP contribution is 2.31. The van der Waals surface area contributed by atoms with E-state index in [9.17, 15) is 9.59 Å². The van der Waals surface area contributed by atoms with Crippen molar-refractivity contribution in [2.24, 2.45) is 7.05 Å². The van der Waals surface area contributed by atoms with Crippen LogP contribution in [0.2, 0.25) is 0 Å². The number of carbonyl (C=O) groups excluding carboxylic acids is 2. The molecule has 2 aromatic carbocycles. The van der Waals surface area contributed by atoms with E-state index in [1.54, 1.807) is 4.90 Å². The van der Waals surface area contributed by atoms with Crippen LogP contribution in [0.1, 0.15) is 49.3 Å². The van der Waals surface area contributed by atoms with E-state index in [1.807, 2.05) is 72.4 Å². The van der Waals surface area contributed by atoms with Gasteiger partial charge in [0.15, 0.2) is 0 Å². The van der Waals surface area contributed by atoms with E-state index < -0.39 is 6.04 Å². The van der Waals surface area contributed by atoms with E-state index in [0.29, 0.717) is 0 Å². The Labute approximate surface area is 195 Å². The average Bonchev–Trinajstić information content (AvgIpc) is 3.16. The van der Waals surface area contributed by atoms with Crippen LogP contribution in [0, 0.1) is 12.3 Å². The fraction of sp³-hybridized carbons (Fsp3) is 0.357. The van der Waals surface area contributed by atoms with Gasteiger partial charge in [-0.1, -0.05) is 73.7 Å². The average molecular weight is 442 g/mol. The van der Waals surface area contributed by atoms with Crippen molar-refractivity contribution >= 4 is 22.7 Å². The molecule has 33 heavy (non-hydrogen) atoms. The van der Waals surface area contributed by atoms with E-state index in [0.717, 1.165) is 47.7 Å². The number of nitrogens with zero attached hydrogens (tertiary/aromatic N) is 2. The van der Waals surface area contributed by atoms with Gasteiger partial charge < -0.3 is 14.8 Å². The number of para-hydroxylation sites is 1. The van der Waals surface area contributed by atoms with E-state index >= 15 is 0 Å². The van der Waals surface area contributed by atoms with Crippen molar-refractivity contribution in [3.05, 3.63) is 71.9 Å². The van der Waals surface area contributed by atoms with Crippen molar-refractivity contribution in [2.45, 2.75) is 50.6 Å². The molecule has 1 aliphatic rings. The summed E-state index contributed by atoms with van der Waals surface area (Å²) in [7, 11) is 1.96. The maximum Gasteiger partial charge on any atom is 0.247 e. The van der Waals surface area contributed by atoms with Crippen molar-refractivity contribution in [1.29, 1.82) is 0 Å². The summed E-state index contributed by atoms with van der Waals surface area (Å²) >= 11 is 0. The predicted octanol–water partition coefficient (Wildman–Crippen LogP) is 4.37. The number of hydrogen-bond acceptors (Lipinski definition) is 2. The van der Waals surface area contributed by atoms with Crippen LogP contribution in [0.4, 0.5) is 0 Å². The van der Waals surface area contributed by atoms with E-state index in [1.165, 1.54) is 6.42 Å². The number of nitrogens with one attached hydrogen (secondary N) is 1. The van der Waals surface area contributed by atoms with E-state index in [-0.39, 0.29) is 30.8 Å². The molecule has 0 aliphatic heterocycles. The normalized spacial score (nSPS) is 15.0. The lowest BCUT2D eigenvalue weighted by atomic mass is 9.94. The number of terminal acetylenes is 1. The van der Waals surface area contributed by atoms with Crippen LogP contribution < -0.4 is 5.32 Å². The fourth-order valence-corrected chi connectivity index (χ4v) is 4.86. The second kappa shape index (κ2) is 10.4. The van der Waals surface area contributed by atoms with Gasteiger partial charge in [0.2, 0.25) is 11.8 Å². The summed E-state index contributed by atoms with van der Waals surface area (Å²) in [5.74, 6) is 2.30. The number of fused-ring (bicyclic) bond motifs is 1. The number of rotatable bonds is 7. The standard InChI is InChI=1S/C28H31N3O2/c1-3-18-31(26(32)19-21-12-6-4-7-13-21)27(28(33)29-22-14-8-5-9-15-22)24-20-30(2)25-17-11-10-16-23(24)25/h1,4,6-7,10-13,16-17,20,22,27H,5,8-9,14-15,18-19H2,2H3,(H,29,33). The highest BCUT2D eigenvalue weighted by molar-refractivity contribution is 5.95. The van der Waals surface area contributed by atoms with Crippen LogP contribution in [0.15, 0.2) is 60.8 Å². The fourth-order valence-electron chi connectivity index (χ4n) is 4.86. The minimum absolute atomic E-state index is 0.0671. The van der Waals surface area contributed by atoms with Crippen LogP contribution >= 0.6 is 0 Å². The first kappa shape index (κ1) is 22.7. The minimum atomic E-state index is -0.787. The molecule has 2 amide bonds. The summed E-state index contributed by atoms with van der Waals surface area (Å²) in [4.78, 5) is 28.8. The number of hydrogen-bond donors (Lipinski definition) is 1. The SMILES string of the molecule is C#CCN(C(=O)Cc1ccccc1)C(C(=O)NC1CCCCC1)c1cn(C)c2ccccc12. The maximum atomic E-state index is 13.8. The smallest absolute Gasteiger partial charge is 0.247 e. The Morgan fingerprint density at radius 3 is 2.52 bits per heavy atom. The number of benzene rings is 2. The van der Waals surface area contributed by atoms with Crippen LogP contribution in [-0.2, 0) is 23.1 Å². The maximum absolute atomic E-state index is 13.8. The Morgan fingerprint density at radius 1 is 1.09 bits per heavy atom. The third-order valence-electron chi connectivity index (χ3n) is 6.51. The van der Waals surface area contributed by atoms with Gasteiger partial charge >= 0.3 is 0 Å². The van der Waals surface area contributed by atoms with Gasteiger partial charge in [-0.05, 0) is 24.5 Å². The van der Waals surface area contributed by atoms with Crippen molar-refractivity contribution in [2.75, 3.05) is 6.54 Å². The molecule has 3 aromatic rings. The number of amides is 2. The molecule has 5 nitrogen and oxygen atoms in total. The van der Waals surface area contributed by atoms with Crippen LogP contribution in [0.5, 0.6) is 0 Å². The quantitative estimate of drug-likeness (QED) is 0.554. The van der Waals surface area contributed by atoms with Crippen molar-refractivity contribution in [1.82, 2.24) is 14.8 Å². The summed E-state index contributed by atoms with van der Waals surface area (Å²) in [5, 5.41) is 4.20. The second-order valence-electron chi connectivity index (χ2n) is 8.85. The monoisotopic (exact) mass is 441 g/mol. The summed E-state index contributed by atoms with van der Waals surface area (Å²) in [6.45, 7) is 0.0671. The van der Waals surface area contributed by atoms with Gasteiger partial charge in [0.1, 0.15) is 6.04 Å². The van der Waals surface area contributed by atoms with Gasteiger partial charge in [0, 0.05) is 35.8 Å². The molecule has 170 valence electrons. The minimum Gasteiger partial charge on any atom is -0.351 e. The Kier molecular flexibility index (Phi) is 7.14. The predicted molar refractivity (Wildman–Crippen MR) is 131 cm³/mol. The Balaban J connectivity index is 1.73. The molecule has 1 atom stereocenters. The zero-order chi connectivity index (χ0) is 23.2. The zero-order valence-electron chi connectivity index (χ0n) is 19.2. The largest absolute Gasteiger partial charge is 0.351 e. The molecule has 1 saturated carbocycles. The lowest BCUT2D eigenvalue weighted by molar-refractivity contribution is -0.140. The molecule has 1 fully saturated rings. The van der Waals surface area contributed by atoms with Gasteiger partial charge in [-0.25, -0.2) is 0 Å². The first-order valence-corrected chi connectivity index (χ1v) is 11.7. The number of aromatic nitrogens is 1. The molecule has 1 N–H and O–H groups in total. The van der Waals surface area contributed by atoms with Gasteiger partial charge in [-0.2, -0.15) is 0 Å². The Bertz CT molecular complexity index is 1150. The molecule has 0 spiro atoms. The highest BCUT2D eigenvalue weighted by atomic mass is 16.2. The van der Waals surface area contributed by atoms with E-state index in [4.69, 9.17) is 6.42 Å². The van der Waals surface area contributed by atoms with Crippen LogP contribution in [-0.4, -0.2) is 33.9 Å². The van der Waals surface area contributed by atoms with Crippen LogP contribution in [0.25, 0.3) is 10.9 Å². The molecule has 1 aliphatic carbocycles. The highest BCUT2D eigenvalue weighted by Gasteiger charge is 2.34. The van der Waals surface area contributed by atoms with E-state index in [2.05, 4.69) is 11.2 Å². The lowest BCUT2D eigenvalue weighted by Crippen LogP contribution is -2.47. The molecular formula is C28H31N3O2. The first-order valence-electron chi connectivity index (χ1n) is 11.7. The van der Waals surface area contributed by atoms with Crippen molar-refractivity contribution < 1.29 is 9.59 Å². The van der Waals surface area contributed by atoms with Crippen molar-refractivity contribution in [3.8, 4) is 12.3 Å². The molecular weight excluding hydrogens is 410 g/mol. The van der Waals surface area contributed by atoms with Gasteiger partial charge in [-0.15, -0.1) is 6.42 Å². The first-order chi connectivity index (χ1) is 16.1. The van der Waals surface area contributed by atoms with Crippen molar-refractivity contribution in [3.63, 3.8) is 0 Å². The molecule has 0 radical (unpaired) electrons. The third-order valence-corrected chi connectivity index (χ3v) is 6.51. The summed E-state index contributed by atoms with van der Waals surface area (Å²) in [6.07, 6.45) is 13.2. The van der Waals surface area contributed by atoms with Gasteiger partial charge in [0.05, 0.1) is 13.0 Å². The number of aryl methyl sites for hydroxylation is 1. The van der Waals surface area contributed by atoms with Gasteiger partial charge in [0.25, 0.3) is 0 Å². The molecule has 5 heteroatoms. The summed E-state index contributed by atoms with van der Waals surface area (Å²) in [6, 6.07) is 16.9. The lowest BCUT2D eigenvalue weighted by Gasteiger charge is -2.32. The molecule has 4 rings (SSSR count). The van der Waals surface area contributed by atoms with Gasteiger partial charge in [-0.3, -0.25) is 9.59 Å². The Morgan fingerprint density at radius 2 is 1.79 bits per heavy atom. The molecule has 0 saturated heterocycles. The topological polar surface area (TPSA) is 54.3 Å². The number of carbonyl (C=O) groups is 2. The zero-order valence-corrected chi connectivity index (χ0v) is 19.2. The summed E-state index contributed by atoms with van der Waals surface area (Å²) in [5.41, 5.74) is 2.71.